The van der Waals surface area contributed by atoms with Crippen molar-refractivity contribution in [2.75, 3.05) is 6.54 Å². The van der Waals surface area contributed by atoms with Gasteiger partial charge in [-0.2, -0.15) is 5.10 Å². The molecule has 2 N–H and O–H groups in total. The van der Waals surface area contributed by atoms with Gasteiger partial charge in [0.2, 0.25) is 0 Å². The molecule has 21 heavy (non-hydrogen) atoms. The summed E-state index contributed by atoms with van der Waals surface area (Å²) in [7, 11) is 0. The molecule has 0 bridgehead atoms. The predicted molar refractivity (Wildman–Crippen MR) is 90.0 cm³/mol. The van der Waals surface area contributed by atoms with Gasteiger partial charge >= 0.3 is 0 Å². The number of para-hydroxylation sites is 1. The second kappa shape index (κ2) is 8.01. The lowest BCUT2D eigenvalue weighted by molar-refractivity contribution is 0.482. The van der Waals surface area contributed by atoms with E-state index in [0.29, 0.717) is 5.11 Å². The standard InChI is InChI=1S/C16H17N3OS/c1-2-17-16(21)19-18-12-13-7-6-10-15(11-13)20-14-8-4-3-5-9-14/h3-12H,2H2,1H3,(H2,17,19,21)/b18-12+. The zero-order chi connectivity index (χ0) is 14.9. The molecule has 0 atom stereocenters. The van der Waals surface area contributed by atoms with Crippen LogP contribution in [0.3, 0.4) is 0 Å². The van der Waals surface area contributed by atoms with Crippen LogP contribution in [0.2, 0.25) is 0 Å². The minimum absolute atomic E-state index is 0.505. The molecule has 0 fully saturated rings. The first-order chi connectivity index (χ1) is 10.3. The smallest absolute Gasteiger partial charge is 0.186 e. The number of nitrogens with zero attached hydrogens (tertiary/aromatic N) is 1. The van der Waals surface area contributed by atoms with Gasteiger partial charge in [0.05, 0.1) is 6.21 Å². The molecule has 4 nitrogen and oxygen atoms in total. The zero-order valence-corrected chi connectivity index (χ0v) is 12.6. The maximum absolute atomic E-state index is 5.76. The van der Waals surface area contributed by atoms with Gasteiger partial charge in [-0.25, -0.2) is 0 Å². The summed E-state index contributed by atoms with van der Waals surface area (Å²) in [5, 5.41) is 7.54. The van der Waals surface area contributed by atoms with Gasteiger partial charge in [-0.3, -0.25) is 5.43 Å². The van der Waals surface area contributed by atoms with Crippen molar-refractivity contribution in [3.63, 3.8) is 0 Å². The lowest BCUT2D eigenvalue weighted by atomic mass is 10.2. The molecule has 2 aromatic carbocycles. The van der Waals surface area contributed by atoms with Crippen molar-refractivity contribution in [3.8, 4) is 11.5 Å². The molecule has 0 amide bonds. The van der Waals surface area contributed by atoms with Crippen LogP contribution in [0, 0.1) is 0 Å². The average molecular weight is 299 g/mol. The van der Waals surface area contributed by atoms with Crippen LogP contribution in [0.4, 0.5) is 0 Å². The Balaban J connectivity index is 1.98. The largest absolute Gasteiger partial charge is 0.457 e. The van der Waals surface area contributed by atoms with Crippen LogP contribution in [0.15, 0.2) is 59.7 Å². The summed E-state index contributed by atoms with van der Waals surface area (Å²) in [5.41, 5.74) is 3.68. The molecule has 0 aliphatic rings. The lowest BCUT2D eigenvalue weighted by Crippen LogP contribution is -2.31. The van der Waals surface area contributed by atoms with Gasteiger partial charge < -0.3 is 10.1 Å². The van der Waals surface area contributed by atoms with Crippen molar-refractivity contribution in [2.24, 2.45) is 5.10 Å². The Morgan fingerprint density at radius 1 is 1.14 bits per heavy atom. The highest BCUT2D eigenvalue weighted by molar-refractivity contribution is 7.80. The quantitative estimate of drug-likeness (QED) is 0.505. The number of hydrazone groups is 1. The van der Waals surface area contributed by atoms with Crippen molar-refractivity contribution >= 4 is 23.5 Å². The molecular weight excluding hydrogens is 282 g/mol. The van der Waals surface area contributed by atoms with Gasteiger partial charge in [0.25, 0.3) is 0 Å². The van der Waals surface area contributed by atoms with Crippen LogP contribution in [-0.4, -0.2) is 17.9 Å². The fourth-order valence-electron chi connectivity index (χ4n) is 1.65. The van der Waals surface area contributed by atoms with E-state index in [9.17, 15) is 0 Å². The maximum Gasteiger partial charge on any atom is 0.186 e. The maximum atomic E-state index is 5.76. The van der Waals surface area contributed by atoms with Crippen LogP contribution >= 0.6 is 12.2 Å². The molecule has 0 heterocycles. The monoisotopic (exact) mass is 299 g/mol. The lowest BCUT2D eigenvalue weighted by Gasteiger charge is -2.06. The van der Waals surface area contributed by atoms with Gasteiger partial charge in [-0.1, -0.05) is 30.3 Å². The summed E-state index contributed by atoms with van der Waals surface area (Å²) < 4.78 is 5.76. The summed E-state index contributed by atoms with van der Waals surface area (Å²) >= 11 is 5.02. The highest BCUT2D eigenvalue weighted by Crippen LogP contribution is 2.21. The number of hydrogen-bond acceptors (Lipinski definition) is 3. The van der Waals surface area contributed by atoms with Crippen LogP contribution in [0.25, 0.3) is 0 Å². The molecule has 0 aromatic heterocycles. The van der Waals surface area contributed by atoms with E-state index < -0.39 is 0 Å². The Morgan fingerprint density at radius 2 is 1.90 bits per heavy atom. The Bertz CT molecular complexity index is 614. The van der Waals surface area contributed by atoms with Crippen molar-refractivity contribution in [2.45, 2.75) is 6.92 Å². The third-order valence-electron chi connectivity index (χ3n) is 2.55. The molecular formula is C16H17N3OS. The topological polar surface area (TPSA) is 45.7 Å². The molecule has 5 heteroatoms. The first-order valence-corrected chi connectivity index (χ1v) is 7.08. The predicted octanol–water partition coefficient (Wildman–Crippen LogP) is 3.30. The van der Waals surface area contributed by atoms with E-state index in [4.69, 9.17) is 17.0 Å². The van der Waals surface area contributed by atoms with Crippen molar-refractivity contribution in [1.29, 1.82) is 0 Å². The molecule has 2 rings (SSSR count). The number of hydrogen-bond donors (Lipinski definition) is 2. The Morgan fingerprint density at radius 3 is 2.67 bits per heavy atom. The zero-order valence-electron chi connectivity index (χ0n) is 11.7. The van der Waals surface area contributed by atoms with Gasteiger partial charge in [0.1, 0.15) is 11.5 Å². The number of benzene rings is 2. The van der Waals surface area contributed by atoms with Gasteiger partial charge in [0.15, 0.2) is 5.11 Å². The van der Waals surface area contributed by atoms with Gasteiger partial charge in [-0.05, 0) is 49.0 Å². The van der Waals surface area contributed by atoms with E-state index >= 15 is 0 Å². The van der Waals surface area contributed by atoms with Crippen LogP contribution in [-0.2, 0) is 0 Å². The molecule has 0 radical (unpaired) electrons. The highest BCUT2D eigenvalue weighted by Gasteiger charge is 1.97. The summed E-state index contributed by atoms with van der Waals surface area (Å²) in [4.78, 5) is 0. The minimum Gasteiger partial charge on any atom is -0.457 e. The third-order valence-corrected chi connectivity index (χ3v) is 2.79. The second-order valence-electron chi connectivity index (χ2n) is 4.22. The van der Waals surface area contributed by atoms with Crippen LogP contribution < -0.4 is 15.5 Å². The molecule has 0 saturated carbocycles. The van der Waals surface area contributed by atoms with E-state index in [-0.39, 0.29) is 0 Å². The van der Waals surface area contributed by atoms with Gasteiger partial charge in [0, 0.05) is 6.54 Å². The third kappa shape index (κ3) is 5.24. The van der Waals surface area contributed by atoms with E-state index in [0.717, 1.165) is 23.6 Å². The van der Waals surface area contributed by atoms with Crippen LogP contribution in [0.1, 0.15) is 12.5 Å². The Kier molecular flexibility index (Phi) is 5.72. The van der Waals surface area contributed by atoms with Crippen molar-refractivity contribution in [1.82, 2.24) is 10.7 Å². The highest BCUT2D eigenvalue weighted by atomic mass is 32.1. The first kappa shape index (κ1) is 15.0. The molecule has 0 aliphatic heterocycles. The molecule has 0 aliphatic carbocycles. The fraction of sp³-hybridized carbons (Fsp3) is 0.125. The van der Waals surface area contributed by atoms with Gasteiger partial charge in [-0.15, -0.1) is 0 Å². The number of nitrogens with one attached hydrogen (secondary N) is 2. The fourth-order valence-corrected chi connectivity index (χ4v) is 1.85. The number of thiocarbonyl (C=S) groups is 1. The Hall–Kier alpha value is -2.40. The molecule has 2 aromatic rings. The van der Waals surface area contributed by atoms with E-state index in [2.05, 4.69) is 15.8 Å². The SMILES string of the molecule is CCNC(=S)N/N=C/c1cccc(Oc2ccccc2)c1. The normalized spacial score (nSPS) is 10.3. The first-order valence-electron chi connectivity index (χ1n) is 6.68. The van der Waals surface area contributed by atoms with E-state index in [1.807, 2.05) is 61.5 Å². The van der Waals surface area contributed by atoms with E-state index in [1.165, 1.54) is 0 Å². The number of rotatable bonds is 5. The van der Waals surface area contributed by atoms with E-state index in [1.54, 1.807) is 6.21 Å². The summed E-state index contributed by atoms with van der Waals surface area (Å²) in [6.07, 6.45) is 1.70. The Labute approximate surface area is 129 Å². The second-order valence-corrected chi connectivity index (χ2v) is 4.63. The van der Waals surface area contributed by atoms with Crippen LogP contribution in [0.5, 0.6) is 11.5 Å². The minimum atomic E-state index is 0.505. The summed E-state index contributed by atoms with van der Waals surface area (Å²) in [6.45, 7) is 2.74. The average Bonchev–Trinajstić information content (AvgIpc) is 2.49. The molecule has 0 saturated heterocycles. The molecule has 108 valence electrons. The van der Waals surface area contributed by atoms with Crippen molar-refractivity contribution < 1.29 is 4.74 Å². The molecule has 0 unspecified atom stereocenters. The molecule has 0 spiro atoms. The van der Waals surface area contributed by atoms with Crippen molar-refractivity contribution in [3.05, 3.63) is 60.2 Å². The summed E-state index contributed by atoms with van der Waals surface area (Å²) in [6, 6.07) is 17.3. The summed E-state index contributed by atoms with van der Waals surface area (Å²) in [5.74, 6) is 1.57. The number of ether oxygens (including phenoxy) is 1.